The third-order valence-electron chi connectivity index (χ3n) is 3.34. The molecule has 1 saturated heterocycles. The van der Waals surface area contributed by atoms with Crippen molar-refractivity contribution in [1.82, 2.24) is 25.6 Å². The molecule has 1 fully saturated rings. The van der Waals surface area contributed by atoms with Crippen LogP contribution in [-0.4, -0.2) is 40.0 Å². The van der Waals surface area contributed by atoms with E-state index in [9.17, 15) is 4.79 Å². The van der Waals surface area contributed by atoms with Crippen LogP contribution in [0.3, 0.4) is 0 Å². The molecule has 2 aromatic heterocycles. The van der Waals surface area contributed by atoms with E-state index >= 15 is 0 Å². The zero-order chi connectivity index (χ0) is 13.9. The summed E-state index contributed by atoms with van der Waals surface area (Å²) in [5, 5.41) is 14.0. The second kappa shape index (κ2) is 5.46. The second-order valence-electron chi connectivity index (χ2n) is 5.05. The van der Waals surface area contributed by atoms with Crippen LogP contribution < -0.4 is 10.6 Å². The van der Waals surface area contributed by atoms with Gasteiger partial charge in [-0.1, -0.05) is 5.21 Å². The van der Waals surface area contributed by atoms with Crippen molar-refractivity contribution in [3.63, 3.8) is 0 Å². The monoisotopic (exact) mass is 275 g/mol. The normalized spacial score (nSPS) is 16.6. The van der Waals surface area contributed by atoms with E-state index in [0.717, 1.165) is 18.8 Å². The van der Waals surface area contributed by atoms with E-state index in [2.05, 4.69) is 20.9 Å². The van der Waals surface area contributed by atoms with Crippen molar-refractivity contribution in [2.45, 2.75) is 25.4 Å². The molecule has 7 heteroatoms. The van der Waals surface area contributed by atoms with Crippen molar-refractivity contribution in [1.29, 1.82) is 0 Å². The Balaban J connectivity index is 1.56. The minimum absolute atomic E-state index is 0.0239. The highest BCUT2D eigenvalue weighted by atomic mass is 16.3. The van der Waals surface area contributed by atoms with E-state index in [1.807, 2.05) is 19.1 Å². The van der Waals surface area contributed by atoms with E-state index in [4.69, 9.17) is 4.42 Å². The Labute approximate surface area is 116 Å². The van der Waals surface area contributed by atoms with E-state index in [1.54, 1.807) is 17.1 Å². The predicted octanol–water partition coefficient (Wildman–Crippen LogP) is 0.376. The molecule has 106 valence electrons. The summed E-state index contributed by atoms with van der Waals surface area (Å²) in [6.45, 7) is 3.68. The largest absolute Gasteiger partial charge is 0.469 e. The molecule has 7 nitrogen and oxygen atoms in total. The van der Waals surface area contributed by atoms with Gasteiger partial charge in [0.25, 0.3) is 5.91 Å². The van der Waals surface area contributed by atoms with Gasteiger partial charge >= 0.3 is 0 Å². The summed E-state index contributed by atoms with van der Waals surface area (Å²) in [4.78, 5) is 12.1. The molecule has 1 amide bonds. The van der Waals surface area contributed by atoms with Gasteiger partial charge in [-0.15, -0.1) is 5.10 Å². The van der Waals surface area contributed by atoms with Crippen LogP contribution in [0.4, 0.5) is 0 Å². The SMILES string of the molecule is CC(Cc1ccco1)NC(=O)c1cn(C2CNC2)nn1. The maximum Gasteiger partial charge on any atom is 0.273 e. The zero-order valence-electron chi connectivity index (χ0n) is 11.2. The fourth-order valence-electron chi connectivity index (χ4n) is 2.10. The highest BCUT2D eigenvalue weighted by Gasteiger charge is 2.22. The smallest absolute Gasteiger partial charge is 0.273 e. The number of hydrogen-bond acceptors (Lipinski definition) is 5. The van der Waals surface area contributed by atoms with Crippen LogP contribution in [0.1, 0.15) is 29.2 Å². The van der Waals surface area contributed by atoms with E-state index in [0.29, 0.717) is 18.2 Å². The summed E-state index contributed by atoms with van der Waals surface area (Å²) in [6, 6.07) is 4.01. The van der Waals surface area contributed by atoms with Gasteiger partial charge in [0.05, 0.1) is 18.5 Å². The number of carbonyl (C=O) groups excluding carboxylic acids is 1. The molecule has 0 aliphatic carbocycles. The molecule has 1 atom stereocenters. The molecule has 3 heterocycles. The van der Waals surface area contributed by atoms with Crippen molar-refractivity contribution in [3.8, 4) is 0 Å². The van der Waals surface area contributed by atoms with E-state index < -0.39 is 0 Å². The highest BCUT2D eigenvalue weighted by Crippen LogP contribution is 2.10. The third-order valence-corrected chi connectivity index (χ3v) is 3.34. The summed E-state index contributed by atoms with van der Waals surface area (Å²) in [6.07, 6.45) is 3.97. The number of furan rings is 1. The first-order chi connectivity index (χ1) is 9.72. The van der Waals surface area contributed by atoms with Gasteiger partial charge < -0.3 is 15.1 Å². The van der Waals surface area contributed by atoms with Crippen LogP contribution in [0.5, 0.6) is 0 Å². The molecule has 2 N–H and O–H groups in total. The van der Waals surface area contributed by atoms with Crippen molar-refractivity contribution in [3.05, 3.63) is 36.0 Å². The molecule has 0 radical (unpaired) electrons. The Morgan fingerprint density at radius 1 is 1.65 bits per heavy atom. The lowest BCUT2D eigenvalue weighted by molar-refractivity contribution is 0.0934. The lowest BCUT2D eigenvalue weighted by Gasteiger charge is -2.26. The van der Waals surface area contributed by atoms with Crippen molar-refractivity contribution < 1.29 is 9.21 Å². The van der Waals surface area contributed by atoms with Gasteiger partial charge in [-0.05, 0) is 19.1 Å². The average Bonchev–Trinajstić information content (AvgIpc) is 2.97. The first kappa shape index (κ1) is 12.9. The number of rotatable bonds is 5. The van der Waals surface area contributed by atoms with Crippen molar-refractivity contribution >= 4 is 5.91 Å². The Morgan fingerprint density at radius 3 is 3.15 bits per heavy atom. The number of hydrogen-bond donors (Lipinski definition) is 2. The van der Waals surface area contributed by atoms with Crippen LogP contribution in [0.15, 0.2) is 29.0 Å². The molecular formula is C13H17N5O2. The van der Waals surface area contributed by atoms with Crippen LogP contribution in [-0.2, 0) is 6.42 Å². The standard InChI is InChI=1S/C13H17N5O2/c1-9(5-11-3-2-4-20-11)15-13(19)12-8-18(17-16-12)10-6-14-7-10/h2-4,8-10,14H,5-7H2,1H3,(H,15,19). The fourth-order valence-corrected chi connectivity index (χ4v) is 2.10. The molecule has 2 aromatic rings. The number of amides is 1. The summed E-state index contributed by atoms with van der Waals surface area (Å²) in [5.74, 6) is 0.643. The Kier molecular flexibility index (Phi) is 3.51. The minimum atomic E-state index is -0.206. The Bertz CT molecular complexity index is 573. The summed E-state index contributed by atoms with van der Waals surface area (Å²) in [7, 11) is 0. The van der Waals surface area contributed by atoms with Gasteiger partial charge in [0, 0.05) is 25.6 Å². The quantitative estimate of drug-likeness (QED) is 0.824. The van der Waals surface area contributed by atoms with Gasteiger partial charge in [0.1, 0.15) is 5.76 Å². The van der Waals surface area contributed by atoms with Crippen LogP contribution in [0, 0.1) is 0 Å². The van der Waals surface area contributed by atoms with E-state index in [-0.39, 0.29) is 11.9 Å². The zero-order valence-corrected chi connectivity index (χ0v) is 11.2. The molecule has 0 aromatic carbocycles. The van der Waals surface area contributed by atoms with Crippen LogP contribution in [0.25, 0.3) is 0 Å². The lowest BCUT2D eigenvalue weighted by atomic mass is 10.2. The van der Waals surface area contributed by atoms with Gasteiger partial charge in [-0.25, -0.2) is 4.68 Å². The molecule has 0 bridgehead atoms. The predicted molar refractivity (Wildman–Crippen MR) is 71.3 cm³/mol. The Hall–Kier alpha value is -2.15. The summed E-state index contributed by atoms with van der Waals surface area (Å²) >= 11 is 0. The molecule has 20 heavy (non-hydrogen) atoms. The Morgan fingerprint density at radius 2 is 2.50 bits per heavy atom. The third kappa shape index (κ3) is 2.72. The first-order valence-corrected chi connectivity index (χ1v) is 6.68. The maximum absolute atomic E-state index is 12.1. The maximum atomic E-state index is 12.1. The van der Waals surface area contributed by atoms with Crippen LogP contribution >= 0.6 is 0 Å². The van der Waals surface area contributed by atoms with Crippen LogP contribution in [0.2, 0.25) is 0 Å². The van der Waals surface area contributed by atoms with Gasteiger partial charge in [0.15, 0.2) is 5.69 Å². The highest BCUT2D eigenvalue weighted by molar-refractivity contribution is 5.92. The molecule has 0 spiro atoms. The average molecular weight is 275 g/mol. The van der Waals surface area contributed by atoms with E-state index in [1.165, 1.54) is 0 Å². The molecule has 1 aliphatic rings. The van der Waals surface area contributed by atoms with Gasteiger partial charge in [-0.2, -0.15) is 0 Å². The molecule has 3 rings (SSSR count). The van der Waals surface area contributed by atoms with Crippen molar-refractivity contribution in [2.75, 3.05) is 13.1 Å². The molecule has 1 aliphatic heterocycles. The molecule has 1 unspecified atom stereocenters. The second-order valence-corrected chi connectivity index (χ2v) is 5.05. The number of nitrogens with zero attached hydrogens (tertiary/aromatic N) is 3. The number of nitrogens with one attached hydrogen (secondary N) is 2. The lowest BCUT2D eigenvalue weighted by Crippen LogP contribution is -2.43. The topological polar surface area (TPSA) is 85.0 Å². The minimum Gasteiger partial charge on any atom is -0.469 e. The number of aromatic nitrogens is 3. The van der Waals surface area contributed by atoms with Gasteiger partial charge in [0.2, 0.25) is 0 Å². The molecule has 0 saturated carbocycles. The molecular weight excluding hydrogens is 258 g/mol. The first-order valence-electron chi connectivity index (χ1n) is 6.68. The number of carbonyl (C=O) groups is 1. The van der Waals surface area contributed by atoms with Crippen molar-refractivity contribution in [2.24, 2.45) is 0 Å². The summed E-state index contributed by atoms with van der Waals surface area (Å²) < 4.78 is 7.00. The summed E-state index contributed by atoms with van der Waals surface area (Å²) in [5.41, 5.74) is 0.350. The van der Waals surface area contributed by atoms with Gasteiger partial charge in [-0.3, -0.25) is 4.79 Å². The fraction of sp³-hybridized carbons (Fsp3) is 0.462.